The maximum absolute atomic E-state index is 4.17. The van der Waals surface area contributed by atoms with E-state index in [1.165, 1.54) is 202 Å². The standard InChI is InChI=1S/C46H25NS2.C39H27NS2/c1-2-11-30-29(10-1)32-16-9-15-31-28(24-25-33(30)40(31)32)26-20-22-27(23-21-26)47-37-17-6-3-12-34(37)41-42-35-13-4-7-18-38(35)48-45(42)46-43(44(41)47)36-14-5-8-19-39(36)49-46;1-5-23-24-20-19-22(21-29(24)39(3,4)28(23)6-2)40-30-16-10-7-13-25(30)33-34-26-14-8-11-17-31(26)41-37(34)38-35(36(33)40)27-15-9-12-18-32(27)42-38/h1-25H;5-21H,1-2H2,3-4H3. The van der Waals surface area contributed by atoms with Crippen molar-refractivity contribution < 1.29 is 0 Å². The van der Waals surface area contributed by atoms with Crippen molar-refractivity contribution in [2.24, 2.45) is 0 Å². The number of hydrogen-bond acceptors (Lipinski definition) is 4. The highest BCUT2D eigenvalue weighted by Gasteiger charge is 2.36. The Morgan fingerprint density at radius 3 is 1.23 bits per heavy atom. The van der Waals surface area contributed by atoms with E-state index < -0.39 is 0 Å². The molecule has 0 atom stereocenters. The highest BCUT2D eigenvalue weighted by atomic mass is 32.1. The molecule has 0 radical (unpaired) electrons. The molecule has 0 bridgehead atoms. The Hall–Kier alpha value is -10.2. The number of thiophene rings is 4. The number of para-hydroxylation sites is 2. The van der Waals surface area contributed by atoms with E-state index in [-0.39, 0.29) is 5.41 Å². The van der Waals surface area contributed by atoms with Crippen LogP contribution in [-0.4, -0.2) is 9.13 Å². The topological polar surface area (TPSA) is 9.86 Å². The van der Waals surface area contributed by atoms with Crippen LogP contribution in [0.25, 0.3) is 185 Å². The molecular weight excluding hydrogens is 1180 g/mol. The first-order chi connectivity index (χ1) is 44.9. The number of nitrogens with zero attached hydrogens (tertiary/aromatic N) is 2. The van der Waals surface area contributed by atoms with E-state index >= 15 is 0 Å². The molecule has 2 aliphatic carbocycles. The lowest BCUT2D eigenvalue weighted by atomic mass is 9.81. The zero-order valence-electron chi connectivity index (χ0n) is 49.7. The largest absolute Gasteiger partial charge is 0.309 e. The lowest BCUT2D eigenvalue weighted by Gasteiger charge is -2.23. The first kappa shape index (κ1) is 51.7. The van der Waals surface area contributed by atoms with Gasteiger partial charge in [0.05, 0.1) is 40.9 Å². The normalized spacial score (nSPS) is 13.5. The summed E-state index contributed by atoms with van der Waals surface area (Å²) in [5.74, 6) is 0. The van der Waals surface area contributed by atoms with Gasteiger partial charge in [-0.2, -0.15) is 0 Å². The Morgan fingerprint density at radius 1 is 0.319 bits per heavy atom. The van der Waals surface area contributed by atoms with Crippen molar-refractivity contribution in [2.45, 2.75) is 19.3 Å². The van der Waals surface area contributed by atoms with E-state index in [9.17, 15) is 0 Å². The van der Waals surface area contributed by atoms with Crippen molar-refractivity contribution in [1.29, 1.82) is 0 Å². The summed E-state index contributed by atoms with van der Waals surface area (Å²) in [6.45, 7) is 12.9. The minimum atomic E-state index is -0.156. The Balaban J connectivity index is 0.000000128. The highest BCUT2D eigenvalue weighted by Crippen LogP contribution is 2.56. The fraction of sp³-hybridized carbons (Fsp3) is 0.0353. The third-order valence-corrected chi connectivity index (χ3v) is 25.1. The molecule has 426 valence electrons. The molecule has 13 aromatic carbocycles. The molecule has 0 amide bonds. The van der Waals surface area contributed by atoms with Gasteiger partial charge in [0.25, 0.3) is 0 Å². The predicted molar refractivity (Wildman–Crippen MR) is 401 cm³/mol. The van der Waals surface area contributed by atoms with Gasteiger partial charge in [-0.25, -0.2) is 0 Å². The van der Waals surface area contributed by atoms with Crippen molar-refractivity contribution in [2.75, 3.05) is 0 Å². The summed E-state index contributed by atoms with van der Waals surface area (Å²) in [6, 6.07) is 90.2. The summed E-state index contributed by atoms with van der Waals surface area (Å²) in [5, 5.41) is 18.8. The van der Waals surface area contributed by atoms with E-state index in [0.29, 0.717) is 0 Å². The predicted octanol–water partition coefficient (Wildman–Crippen LogP) is 25.9. The highest BCUT2D eigenvalue weighted by molar-refractivity contribution is 7.34. The lowest BCUT2D eigenvalue weighted by Crippen LogP contribution is -2.16. The SMILES string of the molecule is C=CC1=C(C=C)C(C)(C)c2cc(-n3c4ccccc4c4c5c6ccccc6sc5c5sc6ccccc6c5c43)ccc21.c1ccc2c(c1)-c1cccc3c(-c4ccc(-n5c6ccccc6c6c7c8ccccc8sc7c7sc8ccccc8c7c65)cc4)ccc-2c13. The number of hydrogen-bond donors (Lipinski definition) is 0. The summed E-state index contributed by atoms with van der Waals surface area (Å²) in [5.41, 5.74) is 20.2. The molecule has 0 spiro atoms. The molecule has 0 aliphatic heterocycles. The van der Waals surface area contributed by atoms with Gasteiger partial charge >= 0.3 is 0 Å². The Morgan fingerprint density at radius 2 is 0.714 bits per heavy atom. The minimum absolute atomic E-state index is 0.156. The molecule has 0 saturated heterocycles. The van der Waals surface area contributed by atoms with Crippen LogP contribution in [0.4, 0.5) is 0 Å². The molecule has 19 aromatic rings. The van der Waals surface area contributed by atoms with Crippen LogP contribution in [-0.2, 0) is 5.41 Å². The maximum Gasteiger partial charge on any atom is 0.0641 e. The van der Waals surface area contributed by atoms with Crippen LogP contribution in [0, 0.1) is 0 Å². The van der Waals surface area contributed by atoms with E-state index in [1.54, 1.807) is 0 Å². The molecule has 6 aromatic heterocycles. The third-order valence-electron chi connectivity index (χ3n) is 20.1. The van der Waals surface area contributed by atoms with Crippen molar-refractivity contribution >= 4 is 186 Å². The van der Waals surface area contributed by atoms with Crippen molar-refractivity contribution in [3.05, 3.63) is 285 Å². The summed E-state index contributed by atoms with van der Waals surface area (Å²) in [7, 11) is 0. The molecule has 0 unspecified atom stereocenters. The molecule has 91 heavy (non-hydrogen) atoms. The van der Waals surface area contributed by atoms with Gasteiger partial charge in [0.15, 0.2) is 0 Å². The molecular formula is C85H52N2S4. The first-order valence-electron chi connectivity index (χ1n) is 31.1. The second-order valence-corrected chi connectivity index (χ2v) is 29.1. The first-order valence-corrected chi connectivity index (χ1v) is 34.4. The number of benzene rings is 13. The fourth-order valence-electron chi connectivity index (χ4n) is 16.3. The van der Waals surface area contributed by atoms with Gasteiger partial charge in [-0.15, -0.1) is 45.3 Å². The van der Waals surface area contributed by atoms with Gasteiger partial charge in [0.1, 0.15) is 0 Å². The summed E-state index contributed by atoms with van der Waals surface area (Å²) >= 11 is 7.74. The third kappa shape index (κ3) is 6.89. The van der Waals surface area contributed by atoms with Crippen molar-refractivity contribution in [3.63, 3.8) is 0 Å². The van der Waals surface area contributed by atoms with Gasteiger partial charge in [-0.05, 0) is 127 Å². The van der Waals surface area contributed by atoms with E-state index in [2.05, 4.69) is 279 Å². The number of aromatic nitrogens is 2. The second-order valence-electron chi connectivity index (χ2n) is 24.9. The quantitative estimate of drug-likeness (QED) is 0.163. The zero-order chi connectivity index (χ0) is 60.1. The summed E-state index contributed by atoms with van der Waals surface area (Å²) < 4.78 is 16.0. The monoisotopic (exact) mass is 1230 g/mol. The van der Waals surface area contributed by atoms with Gasteiger partial charge in [0, 0.05) is 100 Å². The molecule has 21 rings (SSSR count). The van der Waals surface area contributed by atoms with E-state index in [1.807, 2.05) is 57.5 Å². The van der Waals surface area contributed by atoms with Crippen molar-refractivity contribution in [1.82, 2.24) is 9.13 Å². The van der Waals surface area contributed by atoms with Crippen LogP contribution in [0.1, 0.15) is 25.0 Å². The molecule has 0 N–H and O–H groups in total. The van der Waals surface area contributed by atoms with Gasteiger partial charge < -0.3 is 9.13 Å². The molecule has 2 nitrogen and oxygen atoms in total. The smallest absolute Gasteiger partial charge is 0.0641 e. The van der Waals surface area contributed by atoms with Crippen LogP contribution in [0.15, 0.2) is 274 Å². The Labute approximate surface area is 539 Å². The van der Waals surface area contributed by atoms with Gasteiger partial charge in [-0.1, -0.05) is 221 Å². The molecule has 0 fully saturated rings. The molecule has 0 saturated carbocycles. The number of allylic oxidation sites excluding steroid dienone is 4. The maximum atomic E-state index is 4.17. The Bertz CT molecular complexity index is 6490. The number of rotatable bonds is 5. The van der Waals surface area contributed by atoms with Crippen LogP contribution < -0.4 is 0 Å². The molecule has 6 heteroatoms. The molecule has 2 aliphatic rings. The fourth-order valence-corrected chi connectivity index (χ4v) is 21.4. The Kier molecular flexibility index (Phi) is 10.8. The van der Waals surface area contributed by atoms with Gasteiger partial charge in [-0.3, -0.25) is 0 Å². The van der Waals surface area contributed by atoms with E-state index in [0.717, 1.165) is 0 Å². The summed E-state index contributed by atoms with van der Waals surface area (Å²) in [6.07, 6.45) is 4.00. The van der Waals surface area contributed by atoms with E-state index in [4.69, 9.17) is 0 Å². The van der Waals surface area contributed by atoms with Crippen LogP contribution in [0.2, 0.25) is 0 Å². The second kappa shape index (κ2) is 18.9. The molecule has 6 heterocycles. The summed E-state index contributed by atoms with van der Waals surface area (Å²) in [4.78, 5) is 0. The average Bonchev–Trinajstić information content (AvgIpc) is 1.54. The lowest BCUT2D eigenvalue weighted by molar-refractivity contribution is 0.654. The number of fused-ring (bicyclic) bond motifs is 28. The average molecular weight is 1230 g/mol. The van der Waals surface area contributed by atoms with Crippen molar-refractivity contribution in [3.8, 4) is 44.8 Å². The van der Waals surface area contributed by atoms with Crippen LogP contribution in [0.5, 0.6) is 0 Å². The van der Waals surface area contributed by atoms with Gasteiger partial charge in [0.2, 0.25) is 0 Å². The zero-order valence-corrected chi connectivity index (χ0v) is 53.0. The van der Waals surface area contributed by atoms with Crippen LogP contribution in [0.3, 0.4) is 0 Å². The van der Waals surface area contributed by atoms with Crippen LogP contribution >= 0.6 is 45.3 Å². The minimum Gasteiger partial charge on any atom is -0.309 e.